The van der Waals surface area contributed by atoms with Gasteiger partial charge in [0, 0.05) is 24.5 Å². The lowest BCUT2D eigenvalue weighted by Gasteiger charge is -2.30. The maximum Gasteiger partial charge on any atom is 0.224 e. The average molecular weight is 371 g/mol. The molecule has 1 atom stereocenters. The van der Waals surface area contributed by atoms with Crippen molar-refractivity contribution >= 4 is 27.7 Å². The molecule has 1 aliphatic heterocycles. The first-order valence-electron chi connectivity index (χ1n) is 8.28. The molecule has 0 bridgehead atoms. The lowest BCUT2D eigenvalue weighted by atomic mass is 9.99. The molecule has 134 valence electrons. The normalized spacial score (nSPS) is 19.2. The molecule has 0 radical (unpaired) electrons. The number of amides is 1. The van der Waals surface area contributed by atoms with Gasteiger partial charge < -0.3 is 5.32 Å². The van der Waals surface area contributed by atoms with E-state index in [0.29, 0.717) is 19.6 Å². The molecule has 1 aliphatic rings. The van der Waals surface area contributed by atoms with Crippen LogP contribution in [0.4, 0.5) is 0 Å². The zero-order valence-corrected chi connectivity index (χ0v) is 16.0. The lowest BCUT2D eigenvalue weighted by Crippen LogP contribution is -2.45. The standard InChI is InChI=1S/C17H26N2O3S2/c1-14-6-8-16(9-7-14)23-12-4-10-18-17(20)15-5-3-11-19(13-15)24(2,21)22/h6-9,15H,3-5,10-13H2,1-2H3,(H,18,20). The molecule has 0 aliphatic carbocycles. The second kappa shape index (κ2) is 8.87. The third-order valence-corrected chi connectivity index (χ3v) is 6.50. The van der Waals surface area contributed by atoms with Crippen LogP contribution < -0.4 is 5.32 Å². The minimum absolute atomic E-state index is 0.0244. The highest BCUT2D eigenvalue weighted by Crippen LogP contribution is 2.20. The molecule has 1 saturated heterocycles. The summed E-state index contributed by atoms with van der Waals surface area (Å²) in [6, 6.07) is 8.42. The molecule has 1 amide bonds. The number of sulfonamides is 1. The molecule has 1 N–H and O–H groups in total. The summed E-state index contributed by atoms with van der Waals surface area (Å²) < 4.78 is 24.6. The SMILES string of the molecule is Cc1ccc(SCCCNC(=O)C2CCCN(S(C)(=O)=O)C2)cc1. The summed E-state index contributed by atoms with van der Waals surface area (Å²) in [6.45, 7) is 3.53. The van der Waals surface area contributed by atoms with Crippen LogP contribution in [-0.4, -0.2) is 50.3 Å². The summed E-state index contributed by atoms with van der Waals surface area (Å²) in [7, 11) is -3.21. The summed E-state index contributed by atoms with van der Waals surface area (Å²) >= 11 is 1.78. The van der Waals surface area contributed by atoms with E-state index in [2.05, 4.69) is 36.5 Å². The Hall–Kier alpha value is -1.05. The van der Waals surface area contributed by atoms with E-state index in [1.807, 2.05) is 0 Å². The van der Waals surface area contributed by atoms with Crippen LogP contribution in [0.25, 0.3) is 0 Å². The molecule has 1 fully saturated rings. The largest absolute Gasteiger partial charge is 0.356 e. The molecule has 1 heterocycles. The number of hydrogen-bond donors (Lipinski definition) is 1. The minimum Gasteiger partial charge on any atom is -0.356 e. The minimum atomic E-state index is -3.21. The zero-order chi connectivity index (χ0) is 17.6. The fraction of sp³-hybridized carbons (Fsp3) is 0.588. The number of hydrogen-bond acceptors (Lipinski definition) is 4. The van der Waals surface area contributed by atoms with Crippen molar-refractivity contribution in [3.05, 3.63) is 29.8 Å². The molecule has 0 aromatic heterocycles. The van der Waals surface area contributed by atoms with E-state index >= 15 is 0 Å². The molecule has 24 heavy (non-hydrogen) atoms. The number of benzene rings is 1. The molecule has 1 aromatic carbocycles. The van der Waals surface area contributed by atoms with Crippen molar-refractivity contribution in [2.75, 3.05) is 31.6 Å². The van der Waals surface area contributed by atoms with Crippen LogP contribution in [0.1, 0.15) is 24.8 Å². The fourth-order valence-corrected chi connectivity index (χ4v) is 4.47. The van der Waals surface area contributed by atoms with Crippen molar-refractivity contribution in [3.8, 4) is 0 Å². The first-order chi connectivity index (χ1) is 11.4. The van der Waals surface area contributed by atoms with E-state index in [4.69, 9.17) is 0 Å². The predicted octanol–water partition coefficient (Wildman–Crippen LogP) is 2.27. The van der Waals surface area contributed by atoms with E-state index in [1.165, 1.54) is 21.0 Å². The fourth-order valence-electron chi connectivity index (χ4n) is 2.71. The quantitative estimate of drug-likeness (QED) is 0.591. The van der Waals surface area contributed by atoms with Crippen molar-refractivity contribution in [2.45, 2.75) is 31.1 Å². The van der Waals surface area contributed by atoms with Crippen LogP contribution in [0.5, 0.6) is 0 Å². The zero-order valence-electron chi connectivity index (χ0n) is 14.3. The highest BCUT2D eigenvalue weighted by Gasteiger charge is 2.29. The first kappa shape index (κ1) is 19.3. The first-order valence-corrected chi connectivity index (χ1v) is 11.1. The molecule has 2 rings (SSSR count). The van der Waals surface area contributed by atoms with E-state index in [0.717, 1.165) is 25.0 Å². The van der Waals surface area contributed by atoms with Crippen LogP contribution in [0.2, 0.25) is 0 Å². The van der Waals surface area contributed by atoms with Gasteiger partial charge in [0.1, 0.15) is 0 Å². The number of nitrogens with one attached hydrogen (secondary N) is 1. The number of thioether (sulfide) groups is 1. The Morgan fingerprint density at radius 3 is 2.71 bits per heavy atom. The Bertz CT molecular complexity index is 644. The van der Waals surface area contributed by atoms with Crippen LogP contribution in [0.3, 0.4) is 0 Å². The summed E-state index contributed by atoms with van der Waals surface area (Å²) in [5.74, 6) is 0.700. The van der Waals surface area contributed by atoms with Gasteiger partial charge in [0.2, 0.25) is 15.9 Å². The molecule has 0 saturated carbocycles. The van der Waals surface area contributed by atoms with Crippen molar-refractivity contribution in [2.24, 2.45) is 5.92 Å². The lowest BCUT2D eigenvalue weighted by molar-refractivity contribution is -0.126. The number of rotatable bonds is 7. The van der Waals surface area contributed by atoms with Gasteiger partial charge in [-0.15, -0.1) is 11.8 Å². The Morgan fingerprint density at radius 2 is 2.04 bits per heavy atom. The Balaban J connectivity index is 1.66. The van der Waals surface area contributed by atoms with Crippen LogP contribution in [0.15, 0.2) is 29.2 Å². The third-order valence-electron chi connectivity index (χ3n) is 4.13. The van der Waals surface area contributed by atoms with Gasteiger partial charge in [-0.1, -0.05) is 17.7 Å². The van der Waals surface area contributed by atoms with Gasteiger partial charge in [0.15, 0.2) is 0 Å². The van der Waals surface area contributed by atoms with Crippen molar-refractivity contribution < 1.29 is 13.2 Å². The summed E-state index contributed by atoms with van der Waals surface area (Å²) in [4.78, 5) is 13.4. The predicted molar refractivity (Wildman–Crippen MR) is 98.7 cm³/mol. The van der Waals surface area contributed by atoms with Gasteiger partial charge in [0.05, 0.1) is 12.2 Å². The maximum atomic E-state index is 12.2. The molecule has 5 nitrogen and oxygen atoms in total. The highest BCUT2D eigenvalue weighted by molar-refractivity contribution is 7.99. The Labute approximate surface area is 149 Å². The van der Waals surface area contributed by atoms with Gasteiger partial charge in [-0.3, -0.25) is 4.79 Å². The third kappa shape index (κ3) is 6.11. The topological polar surface area (TPSA) is 66.5 Å². The second-order valence-electron chi connectivity index (χ2n) is 6.27. The van der Waals surface area contributed by atoms with Crippen LogP contribution in [0, 0.1) is 12.8 Å². The van der Waals surface area contributed by atoms with Crippen molar-refractivity contribution in [1.82, 2.24) is 9.62 Å². The molecular weight excluding hydrogens is 344 g/mol. The van der Waals surface area contributed by atoms with Gasteiger partial charge >= 0.3 is 0 Å². The summed E-state index contributed by atoms with van der Waals surface area (Å²) in [6.07, 6.45) is 3.60. The molecule has 0 spiro atoms. The Morgan fingerprint density at radius 1 is 1.33 bits per heavy atom. The highest BCUT2D eigenvalue weighted by atomic mass is 32.2. The number of carbonyl (C=O) groups is 1. The molecular formula is C17H26N2O3S2. The van der Waals surface area contributed by atoms with E-state index < -0.39 is 10.0 Å². The number of carbonyl (C=O) groups excluding carboxylic acids is 1. The summed E-state index contributed by atoms with van der Waals surface area (Å²) in [5, 5.41) is 2.95. The molecule has 1 aromatic rings. The monoisotopic (exact) mass is 370 g/mol. The maximum absolute atomic E-state index is 12.2. The summed E-state index contributed by atoms with van der Waals surface area (Å²) in [5.41, 5.74) is 1.25. The van der Waals surface area contributed by atoms with E-state index in [9.17, 15) is 13.2 Å². The van der Waals surface area contributed by atoms with E-state index in [-0.39, 0.29) is 11.8 Å². The van der Waals surface area contributed by atoms with Crippen molar-refractivity contribution in [3.63, 3.8) is 0 Å². The van der Waals surface area contributed by atoms with Crippen molar-refractivity contribution in [1.29, 1.82) is 0 Å². The van der Waals surface area contributed by atoms with Crippen LogP contribution in [-0.2, 0) is 14.8 Å². The second-order valence-corrected chi connectivity index (χ2v) is 9.42. The molecule has 1 unspecified atom stereocenters. The van der Waals surface area contributed by atoms with Gasteiger partial charge in [-0.05, 0) is 44.1 Å². The Kier molecular flexibility index (Phi) is 7.13. The van der Waals surface area contributed by atoms with Gasteiger partial charge in [-0.2, -0.15) is 0 Å². The number of aryl methyl sites for hydroxylation is 1. The van der Waals surface area contributed by atoms with Gasteiger partial charge in [0.25, 0.3) is 0 Å². The number of piperidine rings is 1. The van der Waals surface area contributed by atoms with Gasteiger partial charge in [-0.25, -0.2) is 12.7 Å². The average Bonchev–Trinajstić information content (AvgIpc) is 2.55. The molecule has 7 heteroatoms. The van der Waals surface area contributed by atoms with Crippen LogP contribution >= 0.6 is 11.8 Å². The van der Waals surface area contributed by atoms with E-state index in [1.54, 1.807) is 11.8 Å². The number of nitrogens with zero attached hydrogens (tertiary/aromatic N) is 1. The smallest absolute Gasteiger partial charge is 0.224 e.